The van der Waals surface area contributed by atoms with Crippen molar-refractivity contribution in [3.05, 3.63) is 35.4 Å². The summed E-state index contributed by atoms with van der Waals surface area (Å²) >= 11 is 0. The van der Waals surface area contributed by atoms with E-state index in [0.29, 0.717) is 5.56 Å². The van der Waals surface area contributed by atoms with Crippen LogP contribution in [-0.4, -0.2) is 25.2 Å². The average molecular weight is 240 g/mol. The third-order valence-corrected chi connectivity index (χ3v) is 4.82. The lowest BCUT2D eigenvalue weighted by atomic mass is 10.0. The summed E-state index contributed by atoms with van der Waals surface area (Å²) in [7, 11) is -3.31. The standard InChI is InChI=1S/C12H16O3S/c1-4-16(14,15)10(3)12(13)11-8-6-5-7-9(11)2/h5-8,10H,4H2,1-3H3/t10-/m1/s1. The highest BCUT2D eigenvalue weighted by Gasteiger charge is 2.27. The normalized spacial score (nSPS) is 13.4. The Hall–Kier alpha value is -1.16. The Morgan fingerprint density at radius 2 is 1.88 bits per heavy atom. The fourth-order valence-corrected chi connectivity index (χ4v) is 2.43. The lowest BCUT2D eigenvalue weighted by Gasteiger charge is -2.11. The van der Waals surface area contributed by atoms with Crippen LogP contribution in [0.2, 0.25) is 0 Å². The molecule has 0 saturated heterocycles. The molecule has 88 valence electrons. The van der Waals surface area contributed by atoms with E-state index in [4.69, 9.17) is 0 Å². The van der Waals surface area contributed by atoms with Crippen molar-refractivity contribution in [3.63, 3.8) is 0 Å². The van der Waals surface area contributed by atoms with Crippen molar-refractivity contribution in [3.8, 4) is 0 Å². The van der Waals surface area contributed by atoms with Gasteiger partial charge in [-0.05, 0) is 19.4 Å². The molecule has 3 nitrogen and oxygen atoms in total. The number of hydrogen-bond acceptors (Lipinski definition) is 3. The van der Waals surface area contributed by atoms with Gasteiger partial charge in [0.25, 0.3) is 0 Å². The van der Waals surface area contributed by atoms with Gasteiger partial charge in [-0.3, -0.25) is 4.79 Å². The van der Waals surface area contributed by atoms with Crippen LogP contribution in [0, 0.1) is 6.92 Å². The molecule has 0 heterocycles. The van der Waals surface area contributed by atoms with Gasteiger partial charge in [-0.2, -0.15) is 0 Å². The van der Waals surface area contributed by atoms with Crippen molar-refractivity contribution >= 4 is 15.6 Å². The largest absolute Gasteiger partial charge is 0.293 e. The lowest BCUT2D eigenvalue weighted by Crippen LogP contribution is -2.29. The molecule has 0 fully saturated rings. The molecule has 1 aromatic carbocycles. The van der Waals surface area contributed by atoms with Crippen LogP contribution in [0.4, 0.5) is 0 Å². The van der Waals surface area contributed by atoms with Crippen LogP contribution in [0.1, 0.15) is 29.8 Å². The molecule has 0 N–H and O–H groups in total. The number of sulfone groups is 1. The van der Waals surface area contributed by atoms with Crippen molar-refractivity contribution in [1.82, 2.24) is 0 Å². The summed E-state index contributed by atoms with van der Waals surface area (Å²) in [6.45, 7) is 4.81. The summed E-state index contributed by atoms with van der Waals surface area (Å²) in [6.07, 6.45) is 0. The third-order valence-electron chi connectivity index (χ3n) is 2.72. The lowest BCUT2D eigenvalue weighted by molar-refractivity contribution is 0.0991. The van der Waals surface area contributed by atoms with Crippen LogP contribution in [0.5, 0.6) is 0 Å². The average Bonchev–Trinajstić information content (AvgIpc) is 2.27. The smallest absolute Gasteiger partial charge is 0.180 e. The summed E-state index contributed by atoms with van der Waals surface area (Å²) < 4.78 is 23.2. The predicted molar refractivity (Wildman–Crippen MR) is 64.4 cm³/mol. The Labute approximate surface area is 96.4 Å². The SMILES string of the molecule is CCS(=O)(=O)[C@H](C)C(=O)c1ccccc1C. The van der Waals surface area contributed by atoms with Gasteiger partial charge in [-0.1, -0.05) is 31.2 Å². The number of carbonyl (C=O) groups excluding carboxylic acids is 1. The number of hydrogen-bond donors (Lipinski definition) is 0. The summed E-state index contributed by atoms with van der Waals surface area (Å²) in [6, 6.07) is 7.04. The first kappa shape index (κ1) is 12.9. The third kappa shape index (κ3) is 2.50. The number of rotatable bonds is 4. The molecule has 1 aromatic rings. The quantitative estimate of drug-likeness (QED) is 0.756. The molecule has 0 amide bonds. The predicted octanol–water partition coefficient (Wildman–Crippen LogP) is 2.00. The zero-order chi connectivity index (χ0) is 12.3. The second-order valence-corrected chi connectivity index (χ2v) is 6.38. The maximum absolute atomic E-state index is 12.0. The second kappa shape index (κ2) is 4.78. The number of Topliss-reactive ketones (excluding diaryl/α,β-unsaturated/α-hetero) is 1. The molecule has 1 atom stereocenters. The fraction of sp³-hybridized carbons (Fsp3) is 0.417. The van der Waals surface area contributed by atoms with E-state index < -0.39 is 15.1 Å². The maximum Gasteiger partial charge on any atom is 0.180 e. The van der Waals surface area contributed by atoms with Crippen LogP contribution in [0.3, 0.4) is 0 Å². The zero-order valence-electron chi connectivity index (χ0n) is 9.73. The van der Waals surface area contributed by atoms with Gasteiger partial charge in [-0.15, -0.1) is 0 Å². The minimum Gasteiger partial charge on any atom is -0.293 e. The van der Waals surface area contributed by atoms with E-state index in [1.54, 1.807) is 32.0 Å². The molecule has 0 radical (unpaired) electrons. The van der Waals surface area contributed by atoms with E-state index in [9.17, 15) is 13.2 Å². The molecule has 0 saturated carbocycles. The van der Waals surface area contributed by atoms with E-state index >= 15 is 0 Å². The van der Waals surface area contributed by atoms with E-state index in [0.717, 1.165) is 5.56 Å². The van der Waals surface area contributed by atoms with E-state index in [1.165, 1.54) is 6.92 Å². The van der Waals surface area contributed by atoms with Crippen LogP contribution in [0.15, 0.2) is 24.3 Å². The van der Waals surface area contributed by atoms with Crippen LogP contribution < -0.4 is 0 Å². The van der Waals surface area contributed by atoms with Gasteiger partial charge in [0.15, 0.2) is 15.6 Å². The van der Waals surface area contributed by atoms with Crippen molar-refractivity contribution in [1.29, 1.82) is 0 Å². The summed E-state index contributed by atoms with van der Waals surface area (Å²) in [5, 5.41) is -0.960. The molecule has 0 spiro atoms. The summed E-state index contributed by atoms with van der Waals surface area (Å²) in [4.78, 5) is 12.0. The first-order valence-corrected chi connectivity index (χ1v) is 6.93. The molecule has 0 aliphatic carbocycles. The van der Waals surface area contributed by atoms with E-state index in [-0.39, 0.29) is 11.5 Å². The van der Waals surface area contributed by atoms with Crippen LogP contribution >= 0.6 is 0 Å². The molecule has 1 rings (SSSR count). The van der Waals surface area contributed by atoms with E-state index in [1.807, 2.05) is 6.07 Å². The molecule has 16 heavy (non-hydrogen) atoms. The Kier molecular flexibility index (Phi) is 3.86. The first-order chi connectivity index (χ1) is 7.40. The van der Waals surface area contributed by atoms with Gasteiger partial charge < -0.3 is 0 Å². The van der Waals surface area contributed by atoms with Crippen molar-refractivity contribution in [2.75, 3.05) is 5.75 Å². The monoisotopic (exact) mass is 240 g/mol. The Balaban J connectivity index is 3.10. The number of benzene rings is 1. The van der Waals surface area contributed by atoms with Crippen LogP contribution in [-0.2, 0) is 9.84 Å². The van der Waals surface area contributed by atoms with Gasteiger partial charge in [0.05, 0.1) is 0 Å². The highest BCUT2D eigenvalue weighted by atomic mass is 32.2. The molecule has 0 unspecified atom stereocenters. The van der Waals surface area contributed by atoms with Gasteiger partial charge in [-0.25, -0.2) is 8.42 Å². The maximum atomic E-state index is 12.0. The van der Waals surface area contributed by atoms with Gasteiger partial charge in [0.1, 0.15) is 5.25 Å². The molecule has 0 aliphatic rings. The number of ketones is 1. The highest BCUT2D eigenvalue weighted by Crippen LogP contribution is 2.14. The summed E-state index contributed by atoms with van der Waals surface area (Å²) in [5.74, 6) is -0.328. The minimum atomic E-state index is -3.31. The van der Waals surface area contributed by atoms with E-state index in [2.05, 4.69) is 0 Å². The Bertz CT molecular complexity index is 489. The molecule has 0 aliphatic heterocycles. The van der Waals surface area contributed by atoms with Gasteiger partial charge >= 0.3 is 0 Å². The zero-order valence-corrected chi connectivity index (χ0v) is 10.5. The molecular formula is C12H16O3S. The highest BCUT2D eigenvalue weighted by molar-refractivity contribution is 7.92. The first-order valence-electron chi connectivity index (χ1n) is 5.21. The Morgan fingerprint density at radius 3 is 2.38 bits per heavy atom. The number of carbonyl (C=O) groups is 1. The van der Waals surface area contributed by atoms with Crippen molar-refractivity contribution in [2.24, 2.45) is 0 Å². The van der Waals surface area contributed by atoms with Gasteiger partial charge in [0.2, 0.25) is 0 Å². The van der Waals surface area contributed by atoms with Crippen molar-refractivity contribution < 1.29 is 13.2 Å². The Morgan fingerprint density at radius 1 is 1.31 bits per heavy atom. The summed E-state index contributed by atoms with van der Waals surface area (Å²) in [5.41, 5.74) is 1.30. The van der Waals surface area contributed by atoms with Crippen molar-refractivity contribution in [2.45, 2.75) is 26.0 Å². The second-order valence-electron chi connectivity index (χ2n) is 3.77. The molecular weight excluding hydrogens is 224 g/mol. The van der Waals surface area contributed by atoms with Gasteiger partial charge in [0, 0.05) is 11.3 Å². The molecule has 0 aromatic heterocycles. The molecule has 0 bridgehead atoms. The topological polar surface area (TPSA) is 51.2 Å². The fourth-order valence-electron chi connectivity index (χ4n) is 1.48. The molecule has 4 heteroatoms. The minimum absolute atomic E-state index is 0.00815. The van der Waals surface area contributed by atoms with Crippen LogP contribution in [0.25, 0.3) is 0 Å². The number of aryl methyl sites for hydroxylation is 1.